The van der Waals surface area contributed by atoms with Crippen LogP contribution in [0.2, 0.25) is 0 Å². The second kappa shape index (κ2) is 5.71. The van der Waals surface area contributed by atoms with Gasteiger partial charge in [0.2, 0.25) is 0 Å². The average molecular weight is 290 g/mol. The molecule has 2 heterocycles. The molecule has 2 unspecified atom stereocenters. The van der Waals surface area contributed by atoms with Crippen LogP contribution in [0.5, 0.6) is 5.75 Å². The van der Waals surface area contributed by atoms with Crippen LogP contribution < -0.4 is 26.2 Å². The summed E-state index contributed by atoms with van der Waals surface area (Å²) in [6.45, 7) is 2.07. The van der Waals surface area contributed by atoms with E-state index >= 15 is 0 Å². The first-order chi connectivity index (χ1) is 10.2. The Morgan fingerprint density at radius 3 is 3.05 bits per heavy atom. The Bertz CT molecular complexity index is 575. The number of benzene rings is 1. The van der Waals surface area contributed by atoms with Crippen LogP contribution in [0, 0.1) is 0 Å². The number of rotatable bonds is 3. The molecule has 7 nitrogen and oxygen atoms in total. The molecule has 0 aromatic heterocycles. The van der Waals surface area contributed by atoms with E-state index in [1.807, 2.05) is 0 Å². The minimum Gasteiger partial charge on any atom is -0.482 e. The van der Waals surface area contributed by atoms with Crippen molar-refractivity contribution in [3.8, 4) is 5.75 Å². The highest BCUT2D eigenvalue weighted by Crippen LogP contribution is 2.28. The van der Waals surface area contributed by atoms with Crippen molar-refractivity contribution < 1.29 is 14.3 Å². The molecule has 112 valence electrons. The van der Waals surface area contributed by atoms with Crippen LogP contribution in [0.25, 0.3) is 0 Å². The van der Waals surface area contributed by atoms with E-state index in [2.05, 4.69) is 28.4 Å². The highest BCUT2D eigenvalue weighted by molar-refractivity contribution is 5.99. The summed E-state index contributed by atoms with van der Waals surface area (Å²) in [6.07, 6.45) is 1.77. The van der Waals surface area contributed by atoms with Gasteiger partial charge in [0.05, 0.1) is 11.9 Å². The van der Waals surface area contributed by atoms with E-state index in [-0.39, 0.29) is 24.6 Å². The summed E-state index contributed by atoms with van der Waals surface area (Å²) in [5.41, 5.74) is 7.29. The van der Waals surface area contributed by atoms with Crippen molar-refractivity contribution in [1.82, 2.24) is 16.2 Å². The fourth-order valence-electron chi connectivity index (χ4n) is 2.44. The molecule has 2 aliphatic rings. The molecule has 7 heteroatoms. The molecule has 0 bridgehead atoms. The number of nitrogens with one attached hydrogen (secondary N) is 4. The van der Waals surface area contributed by atoms with Gasteiger partial charge in [0.1, 0.15) is 5.75 Å². The minimum atomic E-state index is -0.188. The monoisotopic (exact) mass is 290 g/mol. The molecular formula is C14H18N4O3. The molecule has 21 heavy (non-hydrogen) atoms. The lowest BCUT2D eigenvalue weighted by molar-refractivity contribution is -0.118. The van der Waals surface area contributed by atoms with E-state index in [9.17, 15) is 9.59 Å². The van der Waals surface area contributed by atoms with Gasteiger partial charge in [-0.2, -0.15) is 0 Å². The van der Waals surface area contributed by atoms with Gasteiger partial charge in [0.15, 0.2) is 6.61 Å². The van der Waals surface area contributed by atoms with Gasteiger partial charge >= 0.3 is 0 Å². The SMILES string of the molecule is CCC1CC(NC(=O)c2ccc3c(c2)OCC(=O)N3)NN1. The Balaban J connectivity index is 1.67. The lowest BCUT2D eigenvalue weighted by Gasteiger charge is -2.19. The van der Waals surface area contributed by atoms with Gasteiger partial charge < -0.3 is 15.4 Å². The van der Waals surface area contributed by atoms with Crippen molar-refractivity contribution in [2.24, 2.45) is 0 Å². The highest BCUT2D eigenvalue weighted by atomic mass is 16.5. The zero-order valence-corrected chi connectivity index (χ0v) is 11.7. The molecule has 3 rings (SSSR count). The number of hydrogen-bond donors (Lipinski definition) is 4. The van der Waals surface area contributed by atoms with E-state index in [0.29, 0.717) is 23.0 Å². The summed E-state index contributed by atoms with van der Waals surface area (Å²) in [5, 5.41) is 5.61. The van der Waals surface area contributed by atoms with Crippen LogP contribution in [0.1, 0.15) is 30.1 Å². The lowest BCUT2D eigenvalue weighted by Crippen LogP contribution is -2.44. The summed E-state index contributed by atoms with van der Waals surface area (Å²) in [6, 6.07) is 5.36. The molecule has 1 aromatic carbocycles. The second-order valence-corrected chi connectivity index (χ2v) is 5.20. The lowest BCUT2D eigenvalue weighted by atomic mass is 10.1. The molecule has 1 saturated heterocycles. The smallest absolute Gasteiger partial charge is 0.262 e. The number of hydrazine groups is 1. The first-order valence-corrected chi connectivity index (χ1v) is 7.04. The number of carbonyl (C=O) groups is 2. The Labute approximate surface area is 122 Å². The molecule has 2 atom stereocenters. The predicted molar refractivity (Wildman–Crippen MR) is 76.8 cm³/mol. The van der Waals surface area contributed by atoms with E-state index in [0.717, 1.165) is 12.8 Å². The summed E-state index contributed by atoms with van der Waals surface area (Å²) in [4.78, 5) is 23.4. The molecule has 2 amide bonds. The number of anilines is 1. The molecule has 1 aromatic rings. The van der Waals surface area contributed by atoms with Crippen molar-refractivity contribution in [3.63, 3.8) is 0 Å². The fraction of sp³-hybridized carbons (Fsp3) is 0.429. The summed E-state index contributed by atoms with van der Waals surface area (Å²) in [7, 11) is 0. The number of fused-ring (bicyclic) bond motifs is 1. The maximum absolute atomic E-state index is 12.2. The van der Waals surface area contributed by atoms with Gasteiger partial charge in [0, 0.05) is 11.6 Å². The molecule has 4 N–H and O–H groups in total. The molecule has 0 saturated carbocycles. The maximum Gasteiger partial charge on any atom is 0.262 e. The number of carbonyl (C=O) groups excluding carboxylic acids is 2. The van der Waals surface area contributed by atoms with Crippen LogP contribution >= 0.6 is 0 Å². The predicted octanol–water partition coefficient (Wildman–Crippen LogP) is 0.350. The van der Waals surface area contributed by atoms with Crippen molar-refractivity contribution >= 4 is 17.5 Å². The van der Waals surface area contributed by atoms with E-state index < -0.39 is 0 Å². The second-order valence-electron chi connectivity index (χ2n) is 5.20. The maximum atomic E-state index is 12.2. The van der Waals surface area contributed by atoms with E-state index in [1.54, 1.807) is 18.2 Å². The van der Waals surface area contributed by atoms with Gasteiger partial charge in [-0.15, -0.1) is 0 Å². The average Bonchev–Trinajstić information content (AvgIpc) is 2.94. The van der Waals surface area contributed by atoms with Gasteiger partial charge in [-0.05, 0) is 31.0 Å². The summed E-state index contributed by atoms with van der Waals surface area (Å²) in [5.74, 6) is 0.159. The molecular weight excluding hydrogens is 272 g/mol. The van der Waals surface area contributed by atoms with Gasteiger partial charge in [-0.25, -0.2) is 5.43 Å². The molecule has 0 radical (unpaired) electrons. The van der Waals surface area contributed by atoms with Gasteiger partial charge in [-0.1, -0.05) is 6.92 Å². The van der Waals surface area contributed by atoms with Crippen LogP contribution in [-0.4, -0.2) is 30.6 Å². The largest absolute Gasteiger partial charge is 0.482 e. The Hall–Kier alpha value is -2.12. The van der Waals surface area contributed by atoms with Crippen molar-refractivity contribution in [2.45, 2.75) is 32.0 Å². The third kappa shape index (κ3) is 2.98. The fourth-order valence-corrected chi connectivity index (χ4v) is 2.44. The van der Waals surface area contributed by atoms with Gasteiger partial charge in [0.25, 0.3) is 11.8 Å². The quantitative estimate of drug-likeness (QED) is 0.645. The Morgan fingerprint density at radius 2 is 2.29 bits per heavy atom. The summed E-state index contributed by atoms with van der Waals surface area (Å²) >= 11 is 0. The number of amides is 2. The van der Waals surface area contributed by atoms with Crippen LogP contribution in [0.4, 0.5) is 5.69 Å². The molecule has 1 fully saturated rings. The van der Waals surface area contributed by atoms with Crippen molar-refractivity contribution in [2.75, 3.05) is 11.9 Å². The summed E-state index contributed by atoms with van der Waals surface area (Å²) < 4.78 is 5.31. The molecule has 0 aliphatic carbocycles. The van der Waals surface area contributed by atoms with Crippen LogP contribution in [0.3, 0.4) is 0 Å². The highest BCUT2D eigenvalue weighted by Gasteiger charge is 2.24. The van der Waals surface area contributed by atoms with Gasteiger partial charge in [-0.3, -0.25) is 15.0 Å². The topological polar surface area (TPSA) is 91.5 Å². The first-order valence-electron chi connectivity index (χ1n) is 7.04. The molecule has 2 aliphatic heterocycles. The zero-order chi connectivity index (χ0) is 14.8. The third-order valence-electron chi connectivity index (χ3n) is 3.66. The Kier molecular flexibility index (Phi) is 3.76. The first kappa shape index (κ1) is 13.8. The minimum absolute atomic E-state index is 0.0235. The van der Waals surface area contributed by atoms with Crippen LogP contribution in [-0.2, 0) is 4.79 Å². The van der Waals surface area contributed by atoms with E-state index in [4.69, 9.17) is 4.74 Å². The molecule has 0 spiro atoms. The normalized spacial score (nSPS) is 24.0. The van der Waals surface area contributed by atoms with Crippen molar-refractivity contribution in [1.29, 1.82) is 0 Å². The van der Waals surface area contributed by atoms with E-state index in [1.165, 1.54) is 0 Å². The standard InChI is InChI=1S/C14H18N4O3/c1-2-9-6-12(18-17-9)16-14(20)8-3-4-10-11(5-8)21-7-13(19)15-10/h3-5,9,12,17-18H,2,6-7H2,1H3,(H,15,19)(H,16,20). The third-order valence-corrected chi connectivity index (χ3v) is 3.66. The number of ether oxygens (including phenoxy) is 1. The van der Waals surface area contributed by atoms with Crippen molar-refractivity contribution in [3.05, 3.63) is 23.8 Å². The zero-order valence-electron chi connectivity index (χ0n) is 11.7. The Morgan fingerprint density at radius 1 is 1.43 bits per heavy atom. The van der Waals surface area contributed by atoms with Crippen LogP contribution in [0.15, 0.2) is 18.2 Å². The number of hydrogen-bond acceptors (Lipinski definition) is 5.